The van der Waals surface area contributed by atoms with Gasteiger partial charge in [-0.15, -0.1) is 22.7 Å². The number of aryl methyl sites for hydroxylation is 4. The molecule has 0 unspecified atom stereocenters. The van der Waals surface area contributed by atoms with Crippen LogP contribution in [0.25, 0.3) is 0 Å². The minimum Gasteiger partial charge on any atom is -0.272 e. The van der Waals surface area contributed by atoms with Crippen molar-refractivity contribution in [3.63, 3.8) is 0 Å². The predicted octanol–water partition coefficient (Wildman–Crippen LogP) is 15.1. The van der Waals surface area contributed by atoms with Gasteiger partial charge in [0.25, 0.3) is 0 Å². The summed E-state index contributed by atoms with van der Waals surface area (Å²) in [5, 5.41) is 11.6. The molecule has 0 saturated carbocycles. The van der Waals surface area contributed by atoms with Crippen LogP contribution in [0.4, 0.5) is 0 Å². The van der Waals surface area contributed by atoms with Gasteiger partial charge in [0.05, 0.1) is 21.4 Å². The summed E-state index contributed by atoms with van der Waals surface area (Å²) in [4.78, 5) is 11.7. The van der Waals surface area contributed by atoms with Crippen LogP contribution in [0.1, 0.15) is 206 Å². The molecule has 4 aromatic rings. The standard InChI is InChI=1S/C13H24N2.C13H23NS.C9H16N2.C9H15NS.2CH4/c1-11(2)5-6-13-8-10-15(14-13)9-7-12(3)4;1-10(2)5-7-12-9-14-13(15-12)8-6-11(3)4;1-7(2)9-5-6-11(10-9)8(3)4;1-6(2)8-5-10-9(11-8)7(3)4;;/h8,10-12H,5-7,9H2,1-4H3;9-11H,5-8H2,1-4H3;5-8H,1-4H3;5-7H,1-4H3;2*1H4. The average molecular weight is 787 g/mol. The lowest BCUT2D eigenvalue weighted by molar-refractivity contribution is 0.482. The lowest BCUT2D eigenvalue weighted by Gasteiger charge is -2.04. The van der Waals surface area contributed by atoms with E-state index in [1.54, 1.807) is 0 Å². The molecular weight excluding hydrogens is 701 g/mol. The monoisotopic (exact) mass is 787 g/mol. The van der Waals surface area contributed by atoms with Gasteiger partial charge in [0, 0.05) is 53.0 Å². The molecule has 8 heteroatoms. The number of aromatic nitrogens is 6. The second-order valence-electron chi connectivity index (χ2n) is 17.1. The molecule has 4 aromatic heterocycles. The van der Waals surface area contributed by atoms with Gasteiger partial charge in [0.15, 0.2) is 0 Å². The number of nitrogens with zero attached hydrogens (tertiary/aromatic N) is 6. The topological polar surface area (TPSA) is 61.4 Å². The number of rotatable bonds is 16. The first-order valence-corrected chi connectivity index (χ1v) is 22.0. The van der Waals surface area contributed by atoms with Crippen LogP contribution in [0, 0.1) is 23.7 Å². The van der Waals surface area contributed by atoms with Crippen molar-refractivity contribution in [2.45, 2.75) is 201 Å². The Labute approximate surface area is 343 Å². The average Bonchev–Trinajstić information content (AvgIpc) is 3.89. The first-order chi connectivity index (χ1) is 24.4. The zero-order valence-corrected chi connectivity index (χ0v) is 37.9. The summed E-state index contributed by atoms with van der Waals surface area (Å²) in [6.45, 7) is 36.6. The SMILES string of the molecule is C.C.CC(C)CCc1ccn(CCC(C)C)n1.CC(C)CCc1cnc(CCC(C)C)s1.CC(C)c1ccn(C(C)C)n1.CC(C)c1cnc(C(C)C)s1. The molecule has 0 amide bonds. The Hall–Kier alpha value is -2.32. The van der Waals surface area contributed by atoms with E-state index in [0.717, 1.165) is 43.1 Å². The molecule has 54 heavy (non-hydrogen) atoms. The van der Waals surface area contributed by atoms with E-state index in [1.807, 2.05) is 39.7 Å². The maximum atomic E-state index is 4.57. The van der Waals surface area contributed by atoms with E-state index in [9.17, 15) is 0 Å². The van der Waals surface area contributed by atoms with Crippen molar-refractivity contribution in [2.24, 2.45) is 23.7 Å². The van der Waals surface area contributed by atoms with Gasteiger partial charge in [-0.25, -0.2) is 9.97 Å². The third-order valence-electron chi connectivity index (χ3n) is 8.47. The highest BCUT2D eigenvalue weighted by molar-refractivity contribution is 7.12. The highest BCUT2D eigenvalue weighted by Crippen LogP contribution is 2.26. The highest BCUT2D eigenvalue weighted by Gasteiger charge is 2.08. The quantitative estimate of drug-likeness (QED) is 0.113. The molecular formula is C46H86N6S2. The first-order valence-electron chi connectivity index (χ1n) is 20.3. The minimum atomic E-state index is 0. The molecule has 0 aliphatic carbocycles. The van der Waals surface area contributed by atoms with Crippen molar-refractivity contribution in [3.8, 4) is 0 Å². The first kappa shape index (κ1) is 53.8. The van der Waals surface area contributed by atoms with Crippen molar-refractivity contribution in [1.29, 1.82) is 0 Å². The van der Waals surface area contributed by atoms with Gasteiger partial charge in [0.2, 0.25) is 0 Å². The van der Waals surface area contributed by atoms with Gasteiger partial charge in [-0.2, -0.15) is 10.2 Å². The summed E-state index contributed by atoms with van der Waals surface area (Å²) in [5.74, 6) is 4.85. The summed E-state index contributed by atoms with van der Waals surface area (Å²) in [5.41, 5.74) is 2.42. The second kappa shape index (κ2) is 29.0. The fourth-order valence-corrected chi connectivity index (χ4v) is 6.57. The van der Waals surface area contributed by atoms with E-state index in [4.69, 9.17) is 0 Å². The summed E-state index contributed by atoms with van der Waals surface area (Å²) in [6.07, 6.45) is 16.7. The molecule has 4 heterocycles. The third-order valence-corrected chi connectivity index (χ3v) is 11.2. The highest BCUT2D eigenvalue weighted by atomic mass is 32.1. The third kappa shape index (κ3) is 24.2. The van der Waals surface area contributed by atoms with Gasteiger partial charge < -0.3 is 0 Å². The Morgan fingerprint density at radius 1 is 0.556 bits per heavy atom. The molecule has 0 radical (unpaired) electrons. The van der Waals surface area contributed by atoms with Crippen LogP contribution in [0.2, 0.25) is 0 Å². The largest absolute Gasteiger partial charge is 0.272 e. The fourth-order valence-electron chi connectivity index (χ4n) is 4.69. The summed E-state index contributed by atoms with van der Waals surface area (Å²) >= 11 is 3.74. The molecule has 312 valence electrons. The number of hydrogen-bond acceptors (Lipinski definition) is 6. The van der Waals surface area contributed by atoms with Crippen LogP contribution in [0.5, 0.6) is 0 Å². The Morgan fingerprint density at radius 2 is 1.13 bits per heavy atom. The van der Waals surface area contributed by atoms with Crippen molar-refractivity contribution in [1.82, 2.24) is 29.5 Å². The molecule has 0 atom stereocenters. The van der Waals surface area contributed by atoms with Gasteiger partial charge in [-0.3, -0.25) is 9.36 Å². The van der Waals surface area contributed by atoms with Gasteiger partial charge in [-0.05, 0) is 106 Å². The van der Waals surface area contributed by atoms with Crippen molar-refractivity contribution in [2.75, 3.05) is 0 Å². The zero-order valence-electron chi connectivity index (χ0n) is 36.2. The second-order valence-corrected chi connectivity index (χ2v) is 19.4. The van der Waals surface area contributed by atoms with E-state index in [1.165, 1.54) is 63.3 Å². The molecule has 0 aliphatic heterocycles. The smallest absolute Gasteiger partial charge is 0.0953 e. The van der Waals surface area contributed by atoms with Crippen LogP contribution in [0.3, 0.4) is 0 Å². The number of thiazole rings is 2. The lowest BCUT2D eigenvalue weighted by atomic mass is 10.1. The van der Waals surface area contributed by atoms with Crippen LogP contribution >= 0.6 is 22.7 Å². The molecule has 0 aromatic carbocycles. The van der Waals surface area contributed by atoms with E-state index < -0.39 is 0 Å². The molecule has 0 bridgehead atoms. The number of hydrogen-bond donors (Lipinski definition) is 0. The van der Waals surface area contributed by atoms with Gasteiger partial charge in [-0.1, -0.05) is 112 Å². The summed E-state index contributed by atoms with van der Waals surface area (Å²) in [7, 11) is 0. The molecule has 0 N–H and O–H groups in total. The van der Waals surface area contributed by atoms with Crippen molar-refractivity contribution in [3.05, 3.63) is 68.1 Å². The molecule has 0 saturated heterocycles. The van der Waals surface area contributed by atoms with E-state index in [2.05, 4.69) is 160 Å². The van der Waals surface area contributed by atoms with E-state index in [0.29, 0.717) is 23.8 Å². The maximum absolute atomic E-state index is 4.57. The van der Waals surface area contributed by atoms with Crippen molar-refractivity contribution < 1.29 is 0 Å². The van der Waals surface area contributed by atoms with Crippen LogP contribution in [0.15, 0.2) is 36.9 Å². The zero-order chi connectivity index (χ0) is 39.4. The van der Waals surface area contributed by atoms with E-state index >= 15 is 0 Å². The molecule has 4 rings (SSSR count). The van der Waals surface area contributed by atoms with E-state index in [-0.39, 0.29) is 14.9 Å². The fraction of sp³-hybridized carbons (Fsp3) is 0.739. The predicted molar refractivity (Wildman–Crippen MR) is 244 cm³/mol. The normalized spacial score (nSPS) is 11.1. The molecule has 0 aliphatic rings. The Kier molecular flexibility index (Phi) is 28.9. The molecule has 0 fully saturated rings. The van der Waals surface area contributed by atoms with Gasteiger partial charge >= 0.3 is 0 Å². The van der Waals surface area contributed by atoms with Gasteiger partial charge in [0.1, 0.15) is 0 Å². The minimum absolute atomic E-state index is 0. The molecule has 6 nitrogen and oxygen atoms in total. The lowest BCUT2D eigenvalue weighted by Crippen LogP contribution is -2.03. The maximum Gasteiger partial charge on any atom is 0.0953 e. The Bertz CT molecular complexity index is 1230. The summed E-state index contributed by atoms with van der Waals surface area (Å²) in [6, 6.07) is 4.72. The Balaban J connectivity index is 0. The summed E-state index contributed by atoms with van der Waals surface area (Å²) < 4.78 is 4.07. The molecule has 0 spiro atoms. The van der Waals surface area contributed by atoms with Crippen molar-refractivity contribution >= 4 is 22.7 Å². The van der Waals surface area contributed by atoms with Crippen LogP contribution in [-0.4, -0.2) is 29.5 Å². The van der Waals surface area contributed by atoms with Crippen LogP contribution in [-0.2, 0) is 25.8 Å². The Morgan fingerprint density at radius 3 is 1.57 bits per heavy atom. The van der Waals surface area contributed by atoms with Crippen LogP contribution < -0.4 is 0 Å².